The summed E-state index contributed by atoms with van der Waals surface area (Å²) < 4.78 is 41.6. The van der Waals surface area contributed by atoms with E-state index in [1.54, 1.807) is 30.5 Å². The molecule has 1 saturated carbocycles. The first-order valence-corrected chi connectivity index (χ1v) is 12.5. The predicted molar refractivity (Wildman–Crippen MR) is 131 cm³/mol. The summed E-state index contributed by atoms with van der Waals surface area (Å²) in [5.41, 5.74) is -3.14. The Hall–Kier alpha value is -3.05. The highest BCUT2D eigenvalue weighted by atomic mass is 35.5. The maximum Gasteiger partial charge on any atom is 0.278 e. The van der Waals surface area contributed by atoms with Crippen LogP contribution < -0.4 is 10.2 Å². The smallest absolute Gasteiger partial charge is 0.278 e. The van der Waals surface area contributed by atoms with Gasteiger partial charge in [0.05, 0.1) is 0 Å². The van der Waals surface area contributed by atoms with E-state index in [-0.39, 0.29) is 36.9 Å². The van der Waals surface area contributed by atoms with E-state index < -0.39 is 34.9 Å². The number of hydrogen-bond acceptors (Lipinski definition) is 6. The largest absolute Gasteiger partial charge is 0.351 e. The summed E-state index contributed by atoms with van der Waals surface area (Å²) in [6, 6.07) is 5.97. The summed E-state index contributed by atoms with van der Waals surface area (Å²) in [4.78, 5) is 40.1. The van der Waals surface area contributed by atoms with E-state index in [1.807, 2.05) is 5.38 Å². The van der Waals surface area contributed by atoms with E-state index in [4.69, 9.17) is 11.6 Å². The molecule has 1 fully saturated rings. The van der Waals surface area contributed by atoms with Crippen molar-refractivity contribution in [3.63, 3.8) is 0 Å². The number of halogens is 4. The van der Waals surface area contributed by atoms with E-state index >= 15 is 0 Å². The molecule has 0 bridgehead atoms. The Morgan fingerprint density at radius 1 is 1.19 bits per heavy atom. The summed E-state index contributed by atoms with van der Waals surface area (Å²) in [6.07, 6.45) is 5.00. The third kappa shape index (κ3) is 5.36. The zero-order valence-electron chi connectivity index (χ0n) is 19.2. The van der Waals surface area contributed by atoms with Crippen molar-refractivity contribution >= 4 is 40.4 Å². The van der Waals surface area contributed by atoms with Gasteiger partial charge >= 0.3 is 0 Å². The predicted octanol–water partition coefficient (Wildman–Crippen LogP) is 5.08. The van der Waals surface area contributed by atoms with Crippen LogP contribution in [0.3, 0.4) is 0 Å². The number of thiazole rings is 1. The SMILES string of the molecule is C[C@](C(=O)NC1CCC(F)(F)CC1)(c1cncnc1)N(C(=O)[C@H](F)Cl)c1ccc(-c2nccs2)cc1. The molecular weight excluding hydrogens is 515 g/mol. The lowest BCUT2D eigenvalue weighted by atomic mass is 9.87. The van der Waals surface area contributed by atoms with Gasteiger partial charge in [-0.15, -0.1) is 11.3 Å². The molecule has 36 heavy (non-hydrogen) atoms. The van der Waals surface area contributed by atoms with Crippen LogP contribution in [0.5, 0.6) is 0 Å². The molecule has 7 nitrogen and oxygen atoms in total. The monoisotopic (exact) mass is 537 g/mol. The van der Waals surface area contributed by atoms with Gasteiger partial charge in [-0.25, -0.2) is 28.1 Å². The van der Waals surface area contributed by atoms with Gasteiger partial charge in [0.15, 0.2) is 5.54 Å². The van der Waals surface area contributed by atoms with Crippen LogP contribution in [0.25, 0.3) is 10.6 Å². The molecule has 0 saturated heterocycles. The third-order valence-electron chi connectivity index (χ3n) is 6.28. The fraction of sp³-hybridized carbons (Fsp3) is 0.375. The van der Waals surface area contributed by atoms with Crippen molar-refractivity contribution < 1.29 is 22.8 Å². The number of amides is 2. The van der Waals surface area contributed by atoms with E-state index in [1.165, 1.54) is 37.0 Å². The minimum Gasteiger partial charge on any atom is -0.351 e. The van der Waals surface area contributed by atoms with Gasteiger partial charge in [-0.05, 0) is 44.0 Å². The van der Waals surface area contributed by atoms with Crippen molar-refractivity contribution in [3.8, 4) is 10.6 Å². The molecule has 12 heteroatoms. The fourth-order valence-electron chi connectivity index (χ4n) is 4.25. The molecule has 1 aliphatic rings. The molecule has 1 aromatic carbocycles. The number of rotatable bonds is 7. The average molecular weight is 538 g/mol. The van der Waals surface area contributed by atoms with E-state index in [2.05, 4.69) is 20.3 Å². The Kier molecular flexibility index (Phi) is 7.60. The van der Waals surface area contributed by atoms with Gasteiger partial charge < -0.3 is 5.32 Å². The van der Waals surface area contributed by atoms with Crippen LogP contribution in [0.2, 0.25) is 0 Å². The quantitative estimate of drug-likeness (QED) is 0.425. The lowest BCUT2D eigenvalue weighted by Gasteiger charge is -2.41. The number of benzene rings is 1. The van der Waals surface area contributed by atoms with Crippen LogP contribution in [-0.4, -0.2) is 44.4 Å². The highest BCUT2D eigenvalue weighted by molar-refractivity contribution is 7.13. The van der Waals surface area contributed by atoms with E-state index in [0.29, 0.717) is 0 Å². The van der Waals surface area contributed by atoms with Gasteiger partial charge in [-0.3, -0.25) is 14.5 Å². The number of aromatic nitrogens is 3. The normalized spacial score (nSPS) is 18.1. The molecule has 0 spiro atoms. The molecule has 2 aromatic heterocycles. The number of carbonyl (C=O) groups is 2. The van der Waals surface area contributed by atoms with Gasteiger partial charge in [0.1, 0.15) is 11.3 Å². The maximum atomic E-state index is 14.3. The molecular formula is C24H23ClF3N5O2S. The van der Waals surface area contributed by atoms with Crippen LogP contribution >= 0.6 is 22.9 Å². The van der Waals surface area contributed by atoms with Gasteiger partial charge in [0.2, 0.25) is 5.92 Å². The average Bonchev–Trinajstić information content (AvgIpc) is 3.41. The topological polar surface area (TPSA) is 88.1 Å². The van der Waals surface area contributed by atoms with Crippen LogP contribution in [0.15, 0.2) is 54.6 Å². The first-order chi connectivity index (χ1) is 17.1. The van der Waals surface area contributed by atoms with Crippen molar-refractivity contribution in [1.29, 1.82) is 0 Å². The van der Waals surface area contributed by atoms with Gasteiger partial charge in [-0.2, -0.15) is 0 Å². The second kappa shape index (κ2) is 10.5. The highest BCUT2D eigenvalue weighted by Gasteiger charge is 2.48. The van der Waals surface area contributed by atoms with E-state index in [9.17, 15) is 22.8 Å². The Morgan fingerprint density at radius 3 is 2.39 bits per heavy atom. The van der Waals surface area contributed by atoms with Crippen LogP contribution in [-0.2, 0) is 15.1 Å². The number of nitrogens with one attached hydrogen (secondary N) is 1. The first kappa shape index (κ1) is 26.0. The molecule has 1 N–H and O–H groups in total. The van der Waals surface area contributed by atoms with E-state index in [0.717, 1.165) is 15.5 Å². The summed E-state index contributed by atoms with van der Waals surface area (Å²) in [5, 5.41) is 5.34. The lowest BCUT2D eigenvalue weighted by molar-refractivity contribution is -0.132. The molecule has 2 atom stereocenters. The van der Waals surface area contributed by atoms with Crippen LogP contribution in [0, 0.1) is 0 Å². The number of hydrogen-bond donors (Lipinski definition) is 1. The molecule has 0 unspecified atom stereocenters. The van der Waals surface area contributed by atoms with Gasteiger partial charge in [-0.1, -0.05) is 11.6 Å². The zero-order valence-corrected chi connectivity index (χ0v) is 20.8. The van der Waals surface area contributed by atoms with Gasteiger partial charge in [0.25, 0.3) is 17.4 Å². The number of anilines is 1. The second-order valence-corrected chi connectivity index (χ2v) is 9.94. The van der Waals surface area contributed by atoms with Crippen molar-refractivity contribution in [2.24, 2.45) is 0 Å². The fourth-order valence-corrected chi connectivity index (χ4v) is 4.99. The number of alkyl halides is 4. The Morgan fingerprint density at radius 2 is 1.83 bits per heavy atom. The molecule has 190 valence electrons. The molecule has 3 aromatic rings. The molecule has 0 radical (unpaired) electrons. The zero-order chi connectivity index (χ0) is 25.9. The first-order valence-electron chi connectivity index (χ1n) is 11.2. The summed E-state index contributed by atoms with van der Waals surface area (Å²) in [7, 11) is 0. The number of carbonyl (C=O) groups excluding carboxylic acids is 2. The Bertz CT molecular complexity index is 1190. The van der Waals surface area contributed by atoms with Crippen LogP contribution in [0.1, 0.15) is 38.2 Å². The summed E-state index contributed by atoms with van der Waals surface area (Å²) in [6.45, 7) is 1.42. The molecule has 1 aliphatic carbocycles. The highest BCUT2D eigenvalue weighted by Crippen LogP contribution is 2.37. The van der Waals surface area contributed by atoms with Crippen molar-refractivity contribution in [2.45, 2.75) is 55.7 Å². The Labute approximate surface area is 214 Å². The van der Waals surface area contributed by atoms with Gasteiger partial charge in [0, 0.05) is 59.7 Å². The minimum absolute atomic E-state index is 0.0673. The lowest BCUT2D eigenvalue weighted by Crippen LogP contribution is -2.60. The van der Waals surface area contributed by atoms with Crippen molar-refractivity contribution in [3.05, 3.63) is 60.1 Å². The molecule has 4 rings (SSSR count). The summed E-state index contributed by atoms with van der Waals surface area (Å²) in [5.74, 6) is -4.64. The van der Waals surface area contributed by atoms with Crippen LogP contribution in [0.4, 0.5) is 18.9 Å². The second-order valence-electron chi connectivity index (χ2n) is 8.66. The van der Waals surface area contributed by atoms with Crippen molar-refractivity contribution in [2.75, 3.05) is 4.90 Å². The van der Waals surface area contributed by atoms with Crippen molar-refractivity contribution in [1.82, 2.24) is 20.3 Å². The maximum absolute atomic E-state index is 14.3. The third-order valence-corrected chi connectivity index (χ3v) is 7.29. The Balaban J connectivity index is 1.75. The molecule has 2 heterocycles. The number of nitrogens with zero attached hydrogens (tertiary/aromatic N) is 4. The standard InChI is InChI=1S/C24H23ClF3N5O2S/c1-23(16-12-29-14-30-13-16,22(35)32-17-6-8-24(27,28)9-7-17)33(21(34)19(25)26)18-4-2-15(3-5-18)20-31-10-11-36-20/h2-5,10-14,17,19H,6-9H2,1H3,(H,32,35)/t19-,23+/m0/s1. The molecule has 2 amide bonds. The summed E-state index contributed by atoms with van der Waals surface area (Å²) >= 11 is 7.02. The minimum atomic E-state index is -2.78. The molecule has 0 aliphatic heterocycles.